The highest BCUT2D eigenvalue weighted by molar-refractivity contribution is 9.11. The summed E-state index contributed by atoms with van der Waals surface area (Å²) in [5.41, 5.74) is 1.79. The van der Waals surface area contributed by atoms with Gasteiger partial charge in [0.2, 0.25) is 0 Å². The highest BCUT2D eigenvalue weighted by Crippen LogP contribution is 2.24. The first-order valence-electron chi connectivity index (χ1n) is 3.49. The molecule has 0 saturated carbocycles. The topological polar surface area (TPSA) is 25.8 Å². The number of thiazole rings is 1. The van der Waals surface area contributed by atoms with Crippen molar-refractivity contribution in [2.75, 3.05) is 0 Å². The molecule has 2 heterocycles. The lowest BCUT2D eigenvalue weighted by molar-refractivity contribution is 1.24. The average molecular weight is 320 g/mol. The Morgan fingerprint density at radius 3 is 2.54 bits per heavy atom. The van der Waals surface area contributed by atoms with Crippen LogP contribution >= 0.6 is 43.2 Å². The van der Waals surface area contributed by atoms with Gasteiger partial charge in [-0.15, -0.1) is 11.3 Å². The summed E-state index contributed by atoms with van der Waals surface area (Å²) in [4.78, 5) is 8.57. The molecule has 0 N–H and O–H groups in total. The summed E-state index contributed by atoms with van der Waals surface area (Å²) in [5.74, 6) is 0. The van der Waals surface area contributed by atoms with Crippen LogP contribution in [0.4, 0.5) is 0 Å². The van der Waals surface area contributed by atoms with Crippen LogP contribution in [0.15, 0.2) is 32.1 Å². The van der Waals surface area contributed by atoms with Crippen molar-refractivity contribution >= 4 is 43.2 Å². The lowest BCUT2D eigenvalue weighted by Crippen LogP contribution is -1.82. The molecule has 13 heavy (non-hydrogen) atoms. The van der Waals surface area contributed by atoms with Gasteiger partial charge in [0.25, 0.3) is 0 Å². The largest absolute Gasteiger partial charge is 0.239 e. The molecule has 0 aliphatic heterocycles. The van der Waals surface area contributed by atoms with Crippen LogP contribution < -0.4 is 0 Å². The Morgan fingerprint density at radius 2 is 1.92 bits per heavy atom. The van der Waals surface area contributed by atoms with E-state index in [2.05, 4.69) is 41.8 Å². The van der Waals surface area contributed by atoms with Crippen molar-refractivity contribution in [2.24, 2.45) is 0 Å². The molecule has 0 radical (unpaired) electrons. The Balaban J connectivity index is 2.46. The van der Waals surface area contributed by atoms with Gasteiger partial charge in [0, 0.05) is 5.38 Å². The van der Waals surface area contributed by atoms with Crippen molar-refractivity contribution in [3.8, 4) is 11.4 Å². The summed E-state index contributed by atoms with van der Waals surface area (Å²) in [6, 6.07) is 5.77. The first-order chi connectivity index (χ1) is 6.25. The van der Waals surface area contributed by atoms with E-state index in [0.717, 1.165) is 19.9 Å². The van der Waals surface area contributed by atoms with Gasteiger partial charge in [-0.2, -0.15) is 0 Å². The minimum atomic E-state index is 0.828. The lowest BCUT2D eigenvalue weighted by atomic mass is 10.3. The van der Waals surface area contributed by atoms with E-state index >= 15 is 0 Å². The van der Waals surface area contributed by atoms with Crippen molar-refractivity contribution in [2.45, 2.75) is 0 Å². The quantitative estimate of drug-likeness (QED) is 0.748. The summed E-state index contributed by atoms with van der Waals surface area (Å²) in [7, 11) is 0. The molecular weight excluding hydrogens is 316 g/mol. The Labute approximate surface area is 96.3 Å². The molecule has 66 valence electrons. The van der Waals surface area contributed by atoms with E-state index in [9.17, 15) is 0 Å². The molecule has 2 nitrogen and oxygen atoms in total. The number of nitrogens with zero attached hydrogens (tertiary/aromatic N) is 2. The molecule has 0 aliphatic rings. The van der Waals surface area contributed by atoms with Crippen molar-refractivity contribution in [1.82, 2.24) is 9.97 Å². The Bertz CT molecular complexity index is 428. The molecule has 0 saturated heterocycles. The highest BCUT2D eigenvalue weighted by Gasteiger charge is 2.03. The van der Waals surface area contributed by atoms with Crippen molar-refractivity contribution in [3.05, 3.63) is 32.1 Å². The molecule has 0 aromatic carbocycles. The van der Waals surface area contributed by atoms with Crippen LogP contribution in [0.25, 0.3) is 11.4 Å². The predicted molar refractivity (Wildman–Crippen MR) is 60.7 cm³/mol. The van der Waals surface area contributed by atoms with Gasteiger partial charge in [0.05, 0.1) is 5.69 Å². The summed E-state index contributed by atoms with van der Waals surface area (Å²) in [6.07, 6.45) is 0. The molecule has 0 bridgehead atoms. The maximum atomic E-state index is 4.30. The molecule has 5 heteroatoms. The smallest absolute Gasteiger partial charge is 0.159 e. The number of halogens is 2. The van der Waals surface area contributed by atoms with Crippen LogP contribution in [-0.2, 0) is 0 Å². The van der Waals surface area contributed by atoms with E-state index < -0.39 is 0 Å². The van der Waals surface area contributed by atoms with Crippen molar-refractivity contribution < 1.29 is 0 Å². The molecule has 0 fully saturated rings. The van der Waals surface area contributed by atoms with Crippen molar-refractivity contribution in [1.29, 1.82) is 0 Å². The number of hydrogen-bond acceptors (Lipinski definition) is 3. The zero-order valence-electron chi connectivity index (χ0n) is 6.37. The molecule has 0 amide bonds. The van der Waals surface area contributed by atoms with E-state index in [4.69, 9.17) is 0 Å². The van der Waals surface area contributed by atoms with Crippen LogP contribution in [0.1, 0.15) is 0 Å². The number of hydrogen-bond donors (Lipinski definition) is 0. The van der Waals surface area contributed by atoms with Crippen LogP contribution in [0.3, 0.4) is 0 Å². The molecule has 2 aromatic rings. The summed E-state index contributed by atoms with van der Waals surface area (Å²) in [6.45, 7) is 0. The molecule has 0 atom stereocenters. The third-order valence-electron chi connectivity index (χ3n) is 1.45. The van der Waals surface area contributed by atoms with E-state index in [-0.39, 0.29) is 0 Å². The normalized spacial score (nSPS) is 10.3. The van der Waals surface area contributed by atoms with Crippen LogP contribution in [0.5, 0.6) is 0 Å². The van der Waals surface area contributed by atoms with E-state index in [1.165, 1.54) is 0 Å². The molecule has 2 rings (SSSR count). The SMILES string of the molecule is Brc1cccc(-c2csc(Br)n2)n1. The molecule has 0 spiro atoms. The van der Waals surface area contributed by atoms with Gasteiger partial charge in [-0.1, -0.05) is 6.07 Å². The van der Waals surface area contributed by atoms with Crippen LogP contribution in [0.2, 0.25) is 0 Å². The third kappa shape index (κ3) is 2.15. The van der Waals surface area contributed by atoms with E-state index in [1.807, 2.05) is 23.6 Å². The van der Waals surface area contributed by atoms with Gasteiger partial charge in [-0.25, -0.2) is 9.97 Å². The second kappa shape index (κ2) is 3.86. The Kier molecular flexibility index (Phi) is 2.76. The second-order valence-electron chi connectivity index (χ2n) is 2.33. The zero-order chi connectivity index (χ0) is 9.26. The van der Waals surface area contributed by atoms with Gasteiger partial charge in [-0.3, -0.25) is 0 Å². The molecule has 0 unspecified atom stereocenters. The van der Waals surface area contributed by atoms with E-state index in [1.54, 1.807) is 11.3 Å². The monoisotopic (exact) mass is 318 g/mol. The van der Waals surface area contributed by atoms with Gasteiger partial charge < -0.3 is 0 Å². The van der Waals surface area contributed by atoms with Gasteiger partial charge in [0.15, 0.2) is 3.92 Å². The van der Waals surface area contributed by atoms with Gasteiger partial charge in [0.1, 0.15) is 10.3 Å². The minimum absolute atomic E-state index is 0.828. The standard InChI is InChI=1S/C8H4Br2N2S/c9-7-3-1-2-5(11-7)6-4-13-8(10)12-6/h1-4H. The summed E-state index contributed by atoms with van der Waals surface area (Å²) in [5, 5.41) is 1.97. The maximum Gasteiger partial charge on any atom is 0.159 e. The van der Waals surface area contributed by atoms with Crippen LogP contribution in [-0.4, -0.2) is 9.97 Å². The van der Waals surface area contributed by atoms with Gasteiger partial charge in [-0.05, 0) is 44.0 Å². The highest BCUT2D eigenvalue weighted by atomic mass is 79.9. The maximum absolute atomic E-state index is 4.30. The van der Waals surface area contributed by atoms with Crippen LogP contribution in [0, 0.1) is 0 Å². The minimum Gasteiger partial charge on any atom is -0.239 e. The first kappa shape index (κ1) is 9.30. The summed E-state index contributed by atoms with van der Waals surface area (Å²) < 4.78 is 1.71. The lowest BCUT2D eigenvalue weighted by Gasteiger charge is -1.94. The predicted octanol–water partition coefficient (Wildman–Crippen LogP) is 3.73. The Morgan fingerprint density at radius 1 is 1.08 bits per heavy atom. The summed E-state index contributed by atoms with van der Waals surface area (Å²) >= 11 is 8.19. The fourth-order valence-corrected chi connectivity index (χ4v) is 2.27. The third-order valence-corrected chi connectivity index (χ3v) is 3.26. The second-order valence-corrected chi connectivity index (χ2v) is 5.28. The molecule has 2 aromatic heterocycles. The molecular formula is C8H4Br2N2S. The van der Waals surface area contributed by atoms with Gasteiger partial charge >= 0.3 is 0 Å². The van der Waals surface area contributed by atoms with Crippen molar-refractivity contribution in [3.63, 3.8) is 0 Å². The number of rotatable bonds is 1. The number of pyridine rings is 1. The fourth-order valence-electron chi connectivity index (χ4n) is 0.920. The molecule has 0 aliphatic carbocycles. The van der Waals surface area contributed by atoms with E-state index in [0.29, 0.717) is 0 Å². The first-order valence-corrected chi connectivity index (χ1v) is 5.96. The Hall–Kier alpha value is -0.260. The zero-order valence-corrected chi connectivity index (χ0v) is 10.4. The number of aromatic nitrogens is 2. The average Bonchev–Trinajstić information content (AvgIpc) is 2.52. The fraction of sp³-hybridized carbons (Fsp3) is 0.